The van der Waals surface area contributed by atoms with E-state index in [1.807, 2.05) is 61.5 Å². The molecule has 0 radical (unpaired) electrons. The molecule has 0 unspecified atom stereocenters. The molecule has 3 N–H and O–H groups in total. The van der Waals surface area contributed by atoms with E-state index in [4.69, 9.17) is 14.9 Å². The van der Waals surface area contributed by atoms with Crippen LogP contribution < -0.4 is 15.4 Å². The molecule has 0 fully saturated rings. The molecule has 7 heteroatoms. The summed E-state index contributed by atoms with van der Waals surface area (Å²) in [5.74, 6) is 1.24. The van der Waals surface area contributed by atoms with Crippen LogP contribution >= 0.6 is 0 Å². The van der Waals surface area contributed by atoms with Crippen molar-refractivity contribution in [1.82, 2.24) is 9.78 Å². The largest absolute Gasteiger partial charge is 0.491 e. The van der Waals surface area contributed by atoms with Crippen LogP contribution in [0.1, 0.15) is 32.0 Å². The van der Waals surface area contributed by atoms with Crippen LogP contribution in [0.3, 0.4) is 0 Å². The van der Waals surface area contributed by atoms with Crippen LogP contribution in [0.2, 0.25) is 0 Å². The van der Waals surface area contributed by atoms with Crippen LogP contribution in [-0.2, 0) is 5.41 Å². The Kier molecular flexibility index (Phi) is 6.56. The molecule has 0 saturated heterocycles. The van der Waals surface area contributed by atoms with Gasteiger partial charge in [-0.05, 0) is 31.2 Å². The summed E-state index contributed by atoms with van der Waals surface area (Å²) in [5, 5.41) is 21.5. The first-order valence-electron chi connectivity index (χ1n) is 11.3. The number of aromatic nitrogens is 2. The molecular formula is C27H30N4O3. The van der Waals surface area contributed by atoms with Crippen molar-refractivity contribution < 1.29 is 14.6 Å². The van der Waals surface area contributed by atoms with E-state index in [9.17, 15) is 4.79 Å². The van der Waals surface area contributed by atoms with Gasteiger partial charge in [0.1, 0.15) is 18.2 Å². The molecule has 0 aliphatic heterocycles. The molecule has 1 heterocycles. The van der Waals surface area contributed by atoms with E-state index in [-0.39, 0.29) is 24.7 Å². The number of aryl methyl sites for hydroxylation is 1. The Hall–Kier alpha value is -3.84. The summed E-state index contributed by atoms with van der Waals surface area (Å²) >= 11 is 0. The predicted octanol–water partition coefficient (Wildman–Crippen LogP) is 5.65. The standard InChI is InChI=1S/C27H30N4O3/c1-18-9-11-19(12-10-18)31-25(17-24(30-31)27(2,3)4)29-26(33)28-22-13-14-23(34-16-15-32)21-8-6-5-7-20(21)22/h5-14,17,32H,15-16H2,1-4H3,(H2,28,29,33). The van der Waals surface area contributed by atoms with Crippen molar-refractivity contribution >= 4 is 28.3 Å². The van der Waals surface area contributed by atoms with Gasteiger partial charge in [-0.2, -0.15) is 5.10 Å². The fourth-order valence-corrected chi connectivity index (χ4v) is 3.65. The molecule has 0 saturated carbocycles. The summed E-state index contributed by atoms with van der Waals surface area (Å²) in [7, 11) is 0. The average Bonchev–Trinajstić information content (AvgIpc) is 3.23. The number of anilines is 2. The second-order valence-corrected chi connectivity index (χ2v) is 9.22. The van der Waals surface area contributed by atoms with Gasteiger partial charge in [0.2, 0.25) is 0 Å². The number of hydrogen-bond donors (Lipinski definition) is 3. The van der Waals surface area contributed by atoms with E-state index >= 15 is 0 Å². The Morgan fingerprint density at radius 2 is 1.71 bits per heavy atom. The minimum Gasteiger partial charge on any atom is -0.491 e. The van der Waals surface area contributed by atoms with Crippen LogP contribution in [-0.4, -0.2) is 34.1 Å². The number of ether oxygens (including phenoxy) is 1. The van der Waals surface area contributed by atoms with Gasteiger partial charge in [0.05, 0.1) is 23.7 Å². The van der Waals surface area contributed by atoms with Gasteiger partial charge in [0.15, 0.2) is 0 Å². The van der Waals surface area contributed by atoms with Gasteiger partial charge in [-0.3, -0.25) is 5.32 Å². The number of nitrogens with zero attached hydrogens (tertiary/aromatic N) is 2. The number of amides is 2. The van der Waals surface area contributed by atoms with E-state index in [1.54, 1.807) is 16.8 Å². The van der Waals surface area contributed by atoms with E-state index in [0.29, 0.717) is 17.3 Å². The van der Waals surface area contributed by atoms with Crippen molar-refractivity contribution in [2.45, 2.75) is 33.1 Å². The molecule has 176 valence electrons. The van der Waals surface area contributed by atoms with Crippen molar-refractivity contribution in [1.29, 1.82) is 0 Å². The van der Waals surface area contributed by atoms with E-state index in [2.05, 4.69) is 31.4 Å². The zero-order chi connectivity index (χ0) is 24.3. The Bertz CT molecular complexity index is 1300. The summed E-state index contributed by atoms with van der Waals surface area (Å²) in [6.45, 7) is 8.44. The zero-order valence-electron chi connectivity index (χ0n) is 19.9. The zero-order valence-corrected chi connectivity index (χ0v) is 19.9. The van der Waals surface area contributed by atoms with Crippen molar-refractivity contribution in [2.24, 2.45) is 0 Å². The molecule has 2 amide bonds. The van der Waals surface area contributed by atoms with Gasteiger partial charge >= 0.3 is 6.03 Å². The maximum absolute atomic E-state index is 13.1. The molecule has 4 rings (SSSR count). The van der Waals surface area contributed by atoms with Crippen LogP contribution in [0.5, 0.6) is 5.75 Å². The second kappa shape index (κ2) is 9.57. The maximum Gasteiger partial charge on any atom is 0.324 e. The number of carbonyl (C=O) groups is 1. The second-order valence-electron chi connectivity index (χ2n) is 9.22. The molecule has 4 aromatic rings. The lowest BCUT2D eigenvalue weighted by Crippen LogP contribution is -2.21. The number of carbonyl (C=O) groups excluding carboxylic acids is 1. The molecule has 0 atom stereocenters. The first-order chi connectivity index (χ1) is 16.3. The summed E-state index contributed by atoms with van der Waals surface area (Å²) in [6.07, 6.45) is 0. The third-order valence-corrected chi connectivity index (χ3v) is 5.48. The third kappa shape index (κ3) is 5.05. The van der Waals surface area contributed by atoms with Gasteiger partial charge in [-0.1, -0.05) is 62.7 Å². The number of benzene rings is 3. The number of aliphatic hydroxyl groups excluding tert-OH is 1. The van der Waals surface area contributed by atoms with Gasteiger partial charge in [-0.15, -0.1) is 0 Å². The van der Waals surface area contributed by atoms with Crippen molar-refractivity contribution in [3.8, 4) is 11.4 Å². The Labute approximate surface area is 199 Å². The molecule has 0 spiro atoms. The minimum absolute atomic E-state index is 0.0675. The van der Waals surface area contributed by atoms with Gasteiger partial charge in [0.25, 0.3) is 0 Å². The number of nitrogens with one attached hydrogen (secondary N) is 2. The van der Waals surface area contributed by atoms with E-state index in [0.717, 1.165) is 27.7 Å². The van der Waals surface area contributed by atoms with Crippen molar-refractivity contribution in [3.63, 3.8) is 0 Å². The van der Waals surface area contributed by atoms with E-state index < -0.39 is 0 Å². The molecule has 3 aromatic carbocycles. The fraction of sp³-hybridized carbons (Fsp3) is 0.259. The molecule has 1 aromatic heterocycles. The molecule has 0 bridgehead atoms. The highest BCUT2D eigenvalue weighted by Gasteiger charge is 2.22. The quantitative estimate of drug-likeness (QED) is 0.349. The predicted molar refractivity (Wildman–Crippen MR) is 136 cm³/mol. The lowest BCUT2D eigenvalue weighted by Gasteiger charge is -2.14. The van der Waals surface area contributed by atoms with Gasteiger partial charge < -0.3 is 15.2 Å². The number of aliphatic hydroxyl groups is 1. The highest BCUT2D eigenvalue weighted by Crippen LogP contribution is 2.32. The Balaban J connectivity index is 1.63. The minimum atomic E-state index is -0.372. The van der Waals surface area contributed by atoms with Crippen LogP contribution in [0.4, 0.5) is 16.3 Å². The van der Waals surface area contributed by atoms with Gasteiger partial charge in [-0.25, -0.2) is 9.48 Å². The molecule has 34 heavy (non-hydrogen) atoms. The lowest BCUT2D eigenvalue weighted by atomic mass is 9.92. The number of urea groups is 1. The number of hydrogen-bond acceptors (Lipinski definition) is 4. The first-order valence-corrected chi connectivity index (χ1v) is 11.3. The van der Waals surface area contributed by atoms with Gasteiger partial charge in [0, 0.05) is 22.3 Å². The van der Waals surface area contributed by atoms with Crippen molar-refractivity contribution in [3.05, 3.63) is 78.0 Å². The smallest absolute Gasteiger partial charge is 0.324 e. The summed E-state index contributed by atoms with van der Waals surface area (Å²) in [5.41, 5.74) is 3.37. The molecule has 0 aliphatic carbocycles. The number of rotatable bonds is 6. The number of fused-ring (bicyclic) bond motifs is 1. The Morgan fingerprint density at radius 1 is 1.00 bits per heavy atom. The van der Waals surface area contributed by atoms with E-state index in [1.165, 1.54) is 0 Å². The lowest BCUT2D eigenvalue weighted by molar-refractivity contribution is 0.203. The van der Waals surface area contributed by atoms with Crippen LogP contribution in [0.15, 0.2) is 66.7 Å². The summed E-state index contributed by atoms with van der Waals surface area (Å²) in [6, 6.07) is 20.8. The third-order valence-electron chi connectivity index (χ3n) is 5.48. The first kappa shape index (κ1) is 23.3. The monoisotopic (exact) mass is 458 g/mol. The van der Waals surface area contributed by atoms with Crippen LogP contribution in [0, 0.1) is 6.92 Å². The van der Waals surface area contributed by atoms with Crippen LogP contribution in [0.25, 0.3) is 16.5 Å². The Morgan fingerprint density at radius 3 is 2.38 bits per heavy atom. The SMILES string of the molecule is Cc1ccc(-n2nc(C(C)(C)C)cc2NC(=O)Nc2ccc(OCCO)c3ccccc23)cc1. The topological polar surface area (TPSA) is 88.4 Å². The van der Waals surface area contributed by atoms with Crippen molar-refractivity contribution in [2.75, 3.05) is 23.8 Å². The normalized spacial score (nSPS) is 11.4. The summed E-state index contributed by atoms with van der Waals surface area (Å²) in [4.78, 5) is 13.1. The fourth-order valence-electron chi connectivity index (χ4n) is 3.65. The highest BCUT2D eigenvalue weighted by molar-refractivity contribution is 6.07. The highest BCUT2D eigenvalue weighted by atomic mass is 16.5. The molecule has 7 nitrogen and oxygen atoms in total. The molecule has 0 aliphatic rings. The molecular weight excluding hydrogens is 428 g/mol. The maximum atomic E-state index is 13.1. The average molecular weight is 459 g/mol. The summed E-state index contributed by atoms with van der Waals surface area (Å²) < 4.78 is 7.40.